The number of alkyl halides is 1. The second-order valence-electron chi connectivity index (χ2n) is 5.71. The second kappa shape index (κ2) is 7.25. The fourth-order valence-electron chi connectivity index (χ4n) is 3.07. The zero-order valence-corrected chi connectivity index (χ0v) is 13.1. The van der Waals surface area contributed by atoms with E-state index in [9.17, 15) is 8.42 Å². The van der Waals surface area contributed by atoms with Gasteiger partial charge in [-0.15, -0.1) is 11.6 Å². The first-order valence-electron chi connectivity index (χ1n) is 7.38. The average molecular weight is 309 g/mol. The van der Waals surface area contributed by atoms with Crippen LogP contribution in [0.5, 0.6) is 0 Å². The second-order valence-corrected chi connectivity index (χ2v) is 8.18. The number of likely N-dealkylation sites (tertiary alicyclic amines) is 1. The van der Waals surface area contributed by atoms with Gasteiger partial charge in [0.2, 0.25) is 10.0 Å². The van der Waals surface area contributed by atoms with E-state index in [1.54, 1.807) is 4.31 Å². The Morgan fingerprint density at radius 2 is 1.68 bits per heavy atom. The Morgan fingerprint density at radius 1 is 1.05 bits per heavy atom. The molecular weight excluding hydrogens is 284 g/mol. The third-order valence-electron chi connectivity index (χ3n) is 4.22. The molecular formula is C13H25ClN2O2S. The fraction of sp³-hybridized carbons (Fsp3) is 1.00. The largest absolute Gasteiger partial charge is 0.303 e. The number of hydrogen-bond donors (Lipinski definition) is 0. The summed E-state index contributed by atoms with van der Waals surface area (Å²) in [6.45, 7) is 5.02. The van der Waals surface area contributed by atoms with Crippen LogP contribution >= 0.6 is 11.6 Å². The highest BCUT2D eigenvalue weighted by Crippen LogP contribution is 2.22. The van der Waals surface area contributed by atoms with Crippen molar-refractivity contribution in [1.29, 1.82) is 0 Å². The Labute approximate surface area is 122 Å². The molecule has 112 valence electrons. The minimum absolute atomic E-state index is 0.202. The van der Waals surface area contributed by atoms with E-state index in [1.807, 2.05) is 0 Å². The van der Waals surface area contributed by atoms with Gasteiger partial charge in [0.15, 0.2) is 0 Å². The maximum Gasteiger partial charge on any atom is 0.214 e. The van der Waals surface area contributed by atoms with Gasteiger partial charge in [0.25, 0.3) is 0 Å². The van der Waals surface area contributed by atoms with Crippen molar-refractivity contribution >= 4 is 21.6 Å². The number of piperidine rings is 1. The monoisotopic (exact) mass is 308 g/mol. The van der Waals surface area contributed by atoms with Gasteiger partial charge < -0.3 is 4.90 Å². The first-order chi connectivity index (χ1) is 9.12. The molecule has 0 aromatic heterocycles. The number of nitrogens with zero attached hydrogens (tertiary/aromatic N) is 2. The predicted octanol–water partition coefficient (Wildman–Crippen LogP) is 1.75. The van der Waals surface area contributed by atoms with E-state index in [2.05, 4.69) is 4.90 Å². The molecule has 0 bridgehead atoms. The van der Waals surface area contributed by atoms with Gasteiger partial charge in [-0.25, -0.2) is 12.7 Å². The van der Waals surface area contributed by atoms with E-state index in [4.69, 9.17) is 11.6 Å². The molecule has 4 nitrogen and oxygen atoms in total. The zero-order chi connectivity index (χ0) is 13.7. The molecule has 0 amide bonds. The molecule has 2 aliphatic heterocycles. The Morgan fingerprint density at radius 3 is 2.26 bits per heavy atom. The third-order valence-corrected chi connectivity index (χ3v) is 6.44. The summed E-state index contributed by atoms with van der Waals surface area (Å²) in [5.41, 5.74) is 0. The van der Waals surface area contributed by atoms with E-state index in [1.165, 1.54) is 25.9 Å². The maximum absolute atomic E-state index is 12.1. The molecule has 0 saturated carbocycles. The van der Waals surface area contributed by atoms with Crippen LogP contribution in [0.4, 0.5) is 0 Å². The fourth-order valence-corrected chi connectivity index (χ4v) is 4.89. The lowest BCUT2D eigenvalue weighted by molar-refractivity contribution is 0.206. The normalized spacial score (nSPS) is 24.1. The Kier molecular flexibility index (Phi) is 5.93. The van der Waals surface area contributed by atoms with Gasteiger partial charge in [0, 0.05) is 25.5 Å². The highest BCUT2D eigenvalue weighted by Gasteiger charge is 2.28. The lowest BCUT2D eigenvalue weighted by Crippen LogP contribution is -2.42. The van der Waals surface area contributed by atoms with Crippen molar-refractivity contribution < 1.29 is 8.42 Å². The standard InChI is InChI=1S/C13H25ClN2O2S/c14-6-3-11-19(17,18)16-9-4-13(5-10-16)12-15-7-1-2-8-15/h13H,1-12H2. The van der Waals surface area contributed by atoms with E-state index >= 15 is 0 Å². The van der Waals surface area contributed by atoms with Crippen LogP contribution in [0.15, 0.2) is 0 Å². The van der Waals surface area contributed by atoms with Gasteiger partial charge in [-0.1, -0.05) is 0 Å². The van der Waals surface area contributed by atoms with Gasteiger partial charge in [-0.2, -0.15) is 0 Å². The van der Waals surface area contributed by atoms with Crippen LogP contribution in [0, 0.1) is 5.92 Å². The quantitative estimate of drug-likeness (QED) is 0.702. The van der Waals surface area contributed by atoms with Crippen molar-refractivity contribution in [1.82, 2.24) is 9.21 Å². The summed E-state index contributed by atoms with van der Waals surface area (Å²) in [6, 6.07) is 0. The summed E-state index contributed by atoms with van der Waals surface area (Å²) < 4.78 is 25.8. The first kappa shape index (κ1) is 15.5. The van der Waals surface area contributed by atoms with Crippen molar-refractivity contribution in [2.75, 3.05) is 44.4 Å². The molecule has 2 fully saturated rings. The predicted molar refractivity (Wildman–Crippen MR) is 79.1 cm³/mol. The van der Waals surface area contributed by atoms with E-state index < -0.39 is 10.0 Å². The summed E-state index contributed by atoms with van der Waals surface area (Å²) >= 11 is 5.58. The maximum atomic E-state index is 12.1. The topological polar surface area (TPSA) is 40.6 Å². The molecule has 6 heteroatoms. The van der Waals surface area contributed by atoms with Crippen LogP contribution in [0.3, 0.4) is 0 Å². The number of sulfonamides is 1. The van der Waals surface area contributed by atoms with Gasteiger partial charge in [0.05, 0.1) is 5.75 Å². The average Bonchev–Trinajstić information content (AvgIpc) is 2.90. The van der Waals surface area contributed by atoms with Crippen molar-refractivity contribution in [2.45, 2.75) is 32.1 Å². The highest BCUT2D eigenvalue weighted by atomic mass is 35.5. The lowest BCUT2D eigenvalue weighted by atomic mass is 9.98. The number of hydrogen-bond acceptors (Lipinski definition) is 3. The summed E-state index contributed by atoms with van der Waals surface area (Å²) in [6.07, 6.45) is 5.22. The first-order valence-corrected chi connectivity index (χ1v) is 9.52. The van der Waals surface area contributed by atoms with Crippen LogP contribution in [0.2, 0.25) is 0 Å². The Hall–Kier alpha value is 0.160. The molecule has 0 aliphatic carbocycles. The minimum Gasteiger partial charge on any atom is -0.303 e. The van der Waals surface area contributed by atoms with E-state index in [0.717, 1.165) is 19.4 Å². The van der Waals surface area contributed by atoms with Gasteiger partial charge in [-0.3, -0.25) is 0 Å². The zero-order valence-electron chi connectivity index (χ0n) is 11.6. The molecule has 2 aliphatic rings. The summed E-state index contributed by atoms with van der Waals surface area (Å²) in [5.74, 6) is 1.30. The highest BCUT2D eigenvalue weighted by molar-refractivity contribution is 7.89. The molecule has 2 rings (SSSR count). The Bertz CT molecular complexity index is 361. The SMILES string of the molecule is O=S(=O)(CCCCl)N1CCC(CN2CCCC2)CC1. The minimum atomic E-state index is -3.06. The molecule has 0 aromatic carbocycles. The van der Waals surface area contributed by atoms with Crippen molar-refractivity contribution in [2.24, 2.45) is 5.92 Å². The Balaban J connectivity index is 1.75. The number of rotatable bonds is 6. The summed E-state index contributed by atoms with van der Waals surface area (Å²) in [4.78, 5) is 2.53. The van der Waals surface area contributed by atoms with E-state index in [-0.39, 0.29) is 5.75 Å². The molecule has 0 N–H and O–H groups in total. The van der Waals surface area contributed by atoms with Crippen molar-refractivity contribution in [3.63, 3.8) is 0 Å². The smallest absolute Gasteiger partial charge is 0.214 e. The van der Waals surface area contributed by atoms with Crippen molar-refractivity contribution in [3.8, 4) is 0 Å². The van der Waals surface area contributed by atoms with Crippen LogP contribution in [-0.4, -0.2) is 62.0 Å². The van der Waals surface area contributed by atoms with Crippen LogP contribution in [0.25, 0.3) is 0 Å². The summed E-state index contributed by atoms with van der Waals surface area (Å²) in [7, 11) is -3.06. The molecule has 0 atom stereocenters. The third kappa shape index (κ3) is 4.59. The van der Waals surface area contributed by atoms with Gasteiger partial charge >= 0.3 is 0 Å². The van der Waals surface area contributed by atoms with Crippen LogP contribution < -0.4 is 0 Å². The molecule has 0 aromatic rings. The molecule has 19 heavy (non-hydrogen) atoms. The summed E-state index contributed by atoms with van der Waals surface area (Å²) in [5, 5.41) is 0. The van der Waals surface area contributed by atoms with Gasteiger partial charge in [0.1, 0.15) is 0 Å². The van der Waals surface area contributed by atoms with Crippen molar-refractivity contribution in [3.05, 3.63) is 0 Å². The molecule has 0 unspecified atom stereocenters. The van der Waals surface area contributed by atoms with Crippen LogP contribution in [-0.2, 0) is 10.0 Å². The molecule has 0 radical (unpaired) electrons. The van der Waals surface area contributed by atoms with Gasteiger partial charge in [-0.05, 0) is 51.1 Å². The van der Waals surface area contributed by atoms with E-state index in [0.29, 0.717) is 31.3 Å². The number of halogens is 1. The molecule has 0 spiro atoms. The molecule has 2 saturated heterocycles. The van der Waals surface area contributed by atoms with Crippen LogP contribution in [0.1, 0.15) is 32.1 Å². The molecule has 2 heterocycles. The lowest BCUT2D eigenvalue weighted by Gasteiger charge is -2.33.